The second-order valence-corrected chi connectivity index (χ2v) is 6.53. The van der Waals surface area contributed by atoms with E-state index in [1.54, 1.807) is 0 Å². The molecule has 3 rings (SSSR count). The van der Waals surface area contributed by atoms with Crippen LogP contribution < -0.4 is 10.1 Å². The number of nitrogens with zero attached hydrogens (tertiary/aromatic N) is 1. The predicted molar refractivity (Wildman–Crippen MR) is 87.2 cm³/mol. The van der Waals surface area contributed by atoms with Gasteiger partial charge in [-0.25, -0.2) is 0 Å². The highest BCUT2D eigenvalue weighted by Gasteiger charge is 2.47. The third kappa shape index (κ3) is 2.72. The molecule has 2 heterocycles. The number of benzene rings is 1. The monoisotopic (exact) mass is 302 g/mol. The number of likely N-dealkylation sites (tertiary alicyclic amines) is 1. The Morgan fingerprint density at radius 1 is 1.27 bits per heavy atom. The summed E-state index contributed by atoms with van der Waals surface area (Å²) in [5.41, 5.74) is 2.19. The molecule has 22 heavy (non-hydrogen) atoms. The van der Waals surface area contributed by atoms with Crippen molar-refractivity contribution in [3.8, 4) is 5.75 Å². The molecule has 4 heteroatoms. The lowest BCUT2D eigenvalue weighted by Gasteiger charge is -2.40. The van der Waals surface area contributed by atoms with Gasteiger partial charge in [-0.3, -0.25) is 9.69 Å². The molecule has 2 saturated heterocycles. The van der Waals surface area contributed by atoms with Crippen molar-refractivity contribution in [1.29, 1.82) is 0 Å². The minimum atomic E-state index is -0.261. The fourth-order valence-electron chi connectivity index (χ4n) is 3.81. The normalized spacial score (nSPS) is 25.5. The van der Waals surface area contributed by atoms with Gasteiger partial charge in [-0.15, -0.1) is 0 Å². The topological polar surface area (TPSA) is 41.6 Å². The molecule has 0 bridgehead atoms. The van der Waals surface area contributed by atoms with Crippen molar-refractivity contribution in [3.63, 3.8) is 0 Å². The molecule has 1 aromatic rings. The average Bonchev–Trinajstić information content (AvgIpc) is 2.91. The minimum absolute atomic E-state index is 0.225. The molecule has 2 fully saturated rings. The van der Waals surface area contributed by atoms with E-state index in [-0.39, 0.29) is 11.4 Å². The van der Waals surface area contributed by atoms with Crippen molar-refractivity contribution in [3.05, 3.63) is 29.3 Å². The third-order valence-electron chi connectivity index (χ3n) is 5.27. The summed E-state index contributed by atoms with van der Waals surface area (Å²) >= 11 is 0. The maximum atomic E-state index is 12.4. The molecule has 4 nitrogen and oxygen atoms in total. The van der Waals surface area contributed by atoms with Crippen molar-refractivity contribution in [2.24, 2.45) is 0 Å². The molecule has 1 aromatic carbocycles. The van der Waals surface area contributed by atoms with Crippen LogP contribution in [0.3, 0.4) is 0 Å². The molecular weight excluding hydrogens is 276 g/mol. The zero-order chi connectivity index (χ0) is 15.6. The number of carbonyl (C=O) groups excluding carboxylic acids is 1. The molecule has 1 atom stereocenters. The van der Waals surface area contributed by atoms with Gasteiger partial charge >= 0.3 is 0 Å². The molecule has 1 N–H and O–H groups in total. The molecule has 0 radical (unpaired) electrons. The summed E-state index contributed by atoms with van der Waals surface area (Å²) in [5, 5.41) is 3.05. The highest BCUT2D eigenvalue weighted by Crippen LogP contribution is 2.35. The number of nitrogens with one attached hydrogen (secondary N) is 1. The van der Waals surface area contributed by atoms with Crippen molar-refractivity contribution >= 4 is 5.91 Å². The summed E-state index contributed by atoms with van der Waals surface area (Å²) in [6, 6.07) is 6.16. The molecule has 1 unspecified atom stereocenters. The Kier molecular flexibility index (Phi) is 4.39. The number of hydrogen-bond donors (Lipinski definition) is 1. The van der Waals surface area contributed by atoms with Crippen LogP contribution in [0, 0.1) is 13.8 Å². The van der Waals surface area contributed by atoms with E-state index in [0.29, 0.717) is 6.61 Å². The Hall–Kier alpha value is -1.55. The quantitative estimate of drug-likeness (QED) is 0.929. The lowest BCUT2D eigenvalue weighted by Crippen LogP contribution is -2.59. The van der Waals surface area contributed by atoms with E-state index < -0.39 is 0 Å². The molecule has 1 spiro atoms. The Labute approximate surface area is 132 Å². The van der Waals surface area contributed by atoms with Crippen LogP contribution in [0.5, 0.6) is 5.75 Å². The van der Waals surface area contributed by atoms with E-state index in [1.807, 2.05) is 12.1 Å². The number of carbonyl (C=O) groups is 1. The van der Waals surface area contributed by atoms with E-state index in [4.69, 9.17) is 4.74 Å². The second kappa shape index (κ2) is 6.29. The van der Waals surface area contributed by atoms with Gasteiger partial charge in [0.15, 0.2) is 0 Å². The zero-order valence-electron chi connectivity index (χ0n) is 13.7. The highest BCUT2D eigenvalue weighted by molar-refractivity contribution is 5.87. The Balaban J connectivity index is 1.61. The number of ether oxygens (including phenoxy) is 1. The number of piperidine rings is 1. The first-order chi connectivity index (χ1) is 10.6. The van der Waals surface area contributed by atoms with Crippen LogP contribution in [0.1, 0.15) is 36.8 Å². The Morgan fingerprint density at radius 2 is 2.09 bits per heavy atom. The summed E-state index contributed by atoms with van der Waals surface area (Å²) < 4.78 is 5.98. The van der Waals surface area contributed by atoms with Crippen molar-refractivity contribution in [2.75, 3.05) is 26.2 Å². The van der Waals surface area contributed by atoms with Gasteiger partial charge in [0.1, 0.15) is 17.9 Å². The predicted octanol–water partition coefficient (Wildman–Crippen LogP) is 2.43. The van der Waals surface area contributed by atoms with Crippen LogP contribution in [-0.2, 0) is 4.79 Å². The van der Waals surface area contributed by atoms with Gasteiger partial charge in [-0.05, 0) is 63.3 Å². The van der Waals surface area contributed by atoms with Gasteiger partial charge in [0.25, 0.3) is 0 Å². The SMILES string of the molecule is Cc1cccc(OCCN2CCCC23CCCNC3=O)c1C. The first-order valence-electron chi connectivity index (χ1n) is 8.36. The summed E-state index contributed by atoms with van der Waals surface area (Å²) in [7, 11) is 0. The number of hydrogen-bond acceptors (Lipinski definition) is 3. The molecule has 0 saturated carbocycles. The first kappa shape index (κ1) is 15.3. The number of rotatable bonds is 4. The van der Waals surface area contributed by atoms with E-state index >= 15 is 0 Å². The first-order valence-corrected chi connectivity index (χ1v) is 8.36. The second-order valence-electron chi connectivity index (χ2n) is 6.53. The molecule has 1 amide bonds. The van der Waals surface area contributed by atoms with Crippen LogP contribution in [0.4, 0.5) is 0 Å². The van der Waals surface area contributed by atoms with Crippen LogP contribution in [-0.4, -0.2) is 42.6 Å². The van der Waals surface area contributed by atoms with Gasteiger partial charge in [-0.1, -0.05) is 12.1 Å². The van der Waals surface area contributed by atoms with Crippen molar-refractivity contribution < 1.29 is 9.53 Å². The fourth-order valence-corrected chi connectivity index (χ4v) is 3.81. The summed E-state index contributed by atoms with van der Waals surface area (Å²) in [4.78, 5) is 14.7. The van der Waals surface area contributed by atoms with Gasteiger partial charge in [0, 0.05) is 13.1 Å². The third-order valence-corrected chi connectivity index (χ3v) is 5.27. The van der Waals surface area contributed by atoms with Crippen LogP contribution in [0.25, 0.3) is 0 Å². The Morgan fingerprint density at radius 3 is 2.91 bits per heavy atom. The summed E-state index contributed by atoms with van der Waals surface area (Å²) in [6.07, 6.45) is 4.17. The number of aryl methyl sites for hydroxylation is 1. The maximum Gasteiger partial charge on any atom is 0.240 e. The van der Waals surface area contributed by atoms with Crippen LogP contribution >= 0.6 is 0 Å². The van der Waals surface area contributed by atoms with Gasteiger partial charge in [0.2, 0.25) is 5.91 Å². The van der Waals surface area contributed by atoms with E-state index in [1.165, 1.54) is 11.1 Å². The molecule has 0 aliphatic carbocycles. The Bertz CT molecular complexity index is 558. The average molecular weight is 302 g/mol. The van der Waals surface area contributed by atoms with Crippen molar-refractivity contribution in [2.45, 2.75) is 45.1 Å². The van der Waals surface area contributed by atoms with Gasteiger partial charge < -0.3 is 10.1 Å². The molecule has 120 valence electrons. The summed E-state index contributed by atoms with van der Waals surface area (Å²) in [5.74, 6) is 1.18. The highest BCUT2D eigenvalue weighted by atomic mass is 16.5. The zero-order valence-corrected chi connectivity index (χ0v) is 13.7. The molecule has 2 aliphatic heterocycles. The van der Waals surface area contributed by atoms with Crippen molar-refractivity contribution in [1.82, 2.24) is 10.2 Å². The molecular formula is C18H26N2O2. The minimum Gasteiger partial charge on any atom is -0.492 e. The van der Waals surface area contributed by atoms with Gasteiger partial charge in [-0.2, -0.15) is 0 Å². The fraction of sp³-hybridized carbons (Fsp3) is 0.611. The smallest absolute Gasteiger partial charge is 0.240 e. The lowest BCUT2D eigenvalue weighted by atomic mass is 9.86. The van der Waals surface area contributed by atoms with Gasteiger partial charge in [0.05, 0.1) is 0 Å². The van der Waals surface area contributed by atoms with Crippen LogP contribution in [0.15, 0.2) is 18.2 Å². The molecule has 2 aliphatic rings. The summed E-state index contributed by atoms with van der Waals surface area (Å²) in [6.45, 7) is 7.48. The lowest BCUT2D eigenvalue weighted by molar-refractivity contribution is -0.134. The van der Waals surface area contributed by atoms with E-state index in [2.05, 4.69) is 30.1 Å². The largest absolute Gasteiger partial charge is 0.492 e. The van der Waals surface area contributed by atoms with E-state index in [9.17, 15) is 4.79 Å². The van der Waals surface area contributed by atoms with Crippen LogP contribution in [0.2, 0.25) is 0 Å². The molecule has 0 aromatic heterocycles. The van der Waals surface area contributed by atoms with E-state index in [0.717, 1.165) is 51.1 Å². The standard InChI is InChI=1S/C18H26N2O2/c1-14-6-3-7-16(15(14)2)22-13-12-20-11-5-9-18(20)8-4-10-19-17(18)21/h3,6-7H,4-5,8-13H2,1-2H3,(H,19,21). The maximum absolute atomic E-state index is 12.4. The number of amides is 1.